The van der Waals surface area contributed by atoms with Gasteiger partial charge in [-0.3, -0.25) is 0 Å². The van der Waals surface area contributed by atoms with Crippen molar-refractivity contribution in [3.63, 3.8) is 0 Å². The molecule has 0 radical (unpaired) electrons. The van der Waals surface area contributed by atoms with Gasteiger partial charge < -0.3 is 29.4 Å². The lowest BCUT2D eigenvalue weighted by Gasteiger charge is -2.30. The average molecular weight is 363 g/mol. The molecule has 0 amide bonds. The summed E-state index contributed by atoms with van der Waals surface area (Å²) in [5.74, 6) is -5.21. The molecule has 138 valence electrons. The zero-order chi connectivity index (χ0) is 18.7. The number of methoxy groups -OCH3 is 2. The Balaban J connectivity index is 2.43. The van der Waals surface area contributed by atoms with Crippen LogP contribution in [-0.4, -0.2) is 44.7 Å². The van der Waals surface area contributed by atoms with Gasteiger partial charge >= 0.3 is 18.1 Å². The van der Waals surface area contributed by atoms with Gasteiger partial charge in [0.1, 0.15) is 12.4 Å². The predicted molar refractivity (Wildman–Crippen MR) is 77.4 cm³/mol. The van der Waals surface area contributed by atoms with Gasteiger partial charge in [0.2, 0.25) is 5.76 Å². The molecule has 10 heteroatoms. The number of carbonyl (C=O) groups is 1. The number of alkyl halides is 3. The van der Waals surface area contributed by atoms with Crippen LogP contribution in [0.5, 0.6) is 5.75 Å². The molecule has 2 rings (SSSR count). The van der Waals surface area contributed by atoms with E-state index in [0.717, 1.165) is 7.11 Å². The number of halogens is 3. The van der Waals surface area contributed by atoms with Crippen LogP contribution >= 0.6 is 0 Å². The number of carboxylic acids is 1. The molecule has 0 saturated heterocycles. The summed E-state index contributed by atoms with van der Waals surface area (Å²) in [6.07, 6.45) is -4.97. The van der Waals surface area contributed by atoms with Crippen LogP contribution in [0.1, 0.15) is 5.56 Å². The first-order chi connectivity index (χ1) is 11.7. The number of hydrogen-bond donors (Lipinski definition) is 2. The third-order valence-corrected chi connectivity index (χ3v) is 3.31. The van der Waals surface area contributed by atoms with Crippen LogP contribution in [-0.2, 0) is 24.9 Å². The highest BCUT2D eigenvalue weighted by Gasteiger charge is 2.54. The third-order valence-electron chi connectivity index (χ3n) is 3.31. The summed E-state index contributed by atoms with van der Waals surface area (Å²) in [6.45, 7) is 0.369. The topological polar surface area (TPSA) is 86.2 Å². The van der Waals surface area contributed by atoms with E-state index < -0.39 is 29.5 Å². The Morgan fingerprint density at radius 3 is 2.48 bits per heavy atom. The molecule has 25 heavy (non-hydrogen) atoms. The Bertz CT molecular complexity index is 675. The highest BCUT2D eigenvalue weighted by Crippen LogP contribution is 2.42. The van der Waals surface area contributed by atoms with Gasteiger partial charge in [0.05, 0.1) is 12.2 Å². The fourth-order valence-corrected chi connectivity index (χ4v) is 2.22. The van der Waals surface area contributed by atoms with E-state index in [0.29, 0.717) is 0 Å². The number of benzene rings is 1. The molecule has 7 nitrogen and oxygen atoms in total. The molecule has 0 aliphatic carbocycles. The van der Waals surface area contributed by atoms with Gasteiger partial charge in [0.25, 0.3) is 0 Å². The zero-order valence-corrected chi connectivity index (χ0v) is 13.3. The Hall–Kier alpha value is -2.46. The second kappa shape index (κ2) is 7.19. The first kappa shape index (κ1) is 18.9. The van der Waals surface area contributed by atoms with Crippen molar-refractivity contribution in [1.82, 2.24) is 5.32 Å². The molecule has 0 fully saturated rings. The molecular weight excluding hydrogens is 347 g/mol. The van der Waals surface area contributed by atoms with Crippen molar-refractivity contribution in [1.29, 1.82) is 0 Å². The minimum Gasteiger partial charge on any atom is -0.491 e. The van der Waals surface area contributed by atoms with Crippen molar-refractivity contribution in [2.24, 2.45) is 0 Å². The lowest BCUT2D eigenvalue weighted by molar-refractivity contribution is -0.215. The molecule has 1 aliphatic rings. The van der Waals surface area contributed by atoms with Crippen LogP contribution in [0.4, 0.5) is 13.2 Å². The van der Waals surface area contributed by atoms with Crippen LogP contribution in [0.3, 0.4) is 0 Å². The second-order valence-electron chi connectivity index (χ2n) is 4.89. The highest BCUT2D eigenvalue weighted by atomic mass is 19.4. The number of nitrogens with one attached hydrogen (secondary N) is 1. The maximum Gasteiger partial charge on any atom is 0.435 e. The van der Waals surface area contributed by atoms with Gasteiger partial charge in [0.15, 0.2) is 5.70 Å². The summed E-state index contributed by atoms with van der Waals surface area (Å²) in [7, 11) is 2.55. The smallest absolute Gasteiger partial charge is 0.435 e. The minimum absolute atomic E-state index is 0.0478. The van der Waals surface area contributed by atoms with E-state index in [1.54, 1.807) is 6.07 Å². The first-order valence-corrected chi connectivity index (χ1v) is 7.03. The monoisotopic (exact) mass is 363 g/mol. The Labute approximate surface area is 140 Å². The Morgan fingerprint density at radius 2 is 1.96 bits per heavy atom. The number of allylic oxidation sites excluding steroid dienone is 1. The molecule has 2 N–H and O–H groups in total. The van der Waals surface area contributed by atoms with Crippen molar-refractivity contribution in [2.75, 3.05) is 27.4 Å². The van der Waals surface area contributed by atoms with E-state index >= 15 is 0 Å². The summed E-state index contributed by atoms with van der Waals surface area (Å²) in [5.41, 5.74) is -1.50. The number of carboxylic acid groups (broad SMARTS) is 1. The van der Waals surface area contributed by atoms with Gasteiger partial charge in [0, 0.05) is 14.2 Å². The number of ether oxygens (including phenoxy) is 4. The van der Waals surface area contributed by atoms with E-state index in [1.165, 1.54) is 25.3 Å². The number of hydrogen-bond acceptors (Lipinski definition) is 6. The second-order valence-corrected chi connectivity index (χ2v) is 4.89. The summed E-state index contributed by atoms with van der Waals surface area (Å²) >= 11 is 0. The van der Waals surface area contributed by atoms with E-state index in [2.05, 4.69) is 0 Å². The van der Waals surface area contributed by atoms with Crippen molar-refractivity contribution >= 4 is 5.97 Å². The molecule has 1 aromatic rings. The van der Waals surface area contributed by atoms with Gasteiger partial charge in [-0.05, 0) is 12.1 Å². The molecule has 0 spiro atoms. The van der Waals surface area contributed by atoms with Gasteiger partial charge in [-0.1, -0.05) is 12.1 Å². The maximum absolute atomic E-state index is 13.1. The van der Waals surface area contributed by atoms with Crippen LogP contribution in [0, 0.1) is 0 Å². The van der Waals surface area contributed by atoms with E-state index in [4.69, 9.17) is 24.1 Å². The molecule has 0 bridgehead atoms. The SMILES string of the molecule is COCCOc1ccccc1C1(OC)NC(C(F)(F)F)=C(C(=O)O)O1. The van der Waals surface area contributed by atoms with Crippen LogP contribution < -0.4 is 10.1 Å². The minimum atomic E-state index is -4.97. The fraction of sp³-hybridized carbons (Fsp3) is 0.400. The number of rotatable bonds is 7. The van der Waals surface area contributed by atoms with Crippen molar-refractivity contribution in [3.05, 3.63) is 41.3 Å². The molecular formula is C15H16F3NO6. The lowest BCUT2D eigenvalue weighted by atomic mass is 10.1. The van der Waals surface area contributed by atoms with Gasteiger partial charge in [-0.15, -0.1) is 0 Å². The largest absolute Gasteiger partial charge is 0.491 e. The summed E-state index contributed by atoms with van der Waals surface area (Å²) < 4.78 is 59.9. The van der Waals surface area contributed by atoms with Crippen molar-refractivity contribution in [3.8, 4) is 5.75 Å². The quantitative estimate of drug-likeness (QED) is 0.716. The van der Waals surface area contributed by atoms with Crippen molar-refractivity contribution in [2.45, 2.75) is 12.1 Å². The van der Waals surface area contributed by atoms with Gasteiger partial charge in [-0.25, -0.2) is 4.79 Å². The van der Waals surface area contributed by atoms with Crippen LogP contribution in [0.2, 0.25) is 0 Å². The third kappa shape index (κ3) is 3.80. The molecule has 1 unspecified atom stereocenters. The first-order valence-electron chi connectivity index (χ1n) is 7.03. The van der Waals surface area contributed by atoms with Crippen LogP contribution in [0.15, 0.2) is 35.7 Å². The number of para-hydroxylation sites is 1. The summed E-state index contributed by atoms with van der Waals surface area (Å²) in [5, 5.41) is 11.0. The fourth-order valence-electron chi connectivity index (χ4n) is 2.22. The zero-order valence-electron chi connectivity index (χ0n) is 13.3. The molecule has 0 aromatic heterocycles. The summed E-state index contributed by atoms with van der Waals surface area (Å²) in [4.78, 5) is 11.2. The lowest BCUT2D eigenvalue weighted by Crippen LogP contribution is -2.43. The molecule has 1 aliphatic heterocycles. The van der Waals surface area contributed by atoms with E-state index in [9.17, 15) is 18.0 Å². The van der Waals surface area contributed by atoms with E-state index in [1.807, 2.05) is 5.32 Å². The Kier molecular flexibility index (Phi) is 5.43. The highest BCUT2D eigenvalue weighted by molar-refractivity contribution is 5.86. The Morgan fingerprint density at radius 1 is 1.28 bits per heavy atom. The maximum atomic E-state index is 13.1. The molecule has 0 saturated carbocycles. The van der Waals surface area contributed by atoms with Crippen LogP contribution in [0.25, 0.3) is 0 Å². The number of aliphatic carboxylic acids is 1. The van der Waals surface area contributed by atoms with Crippen molar-refractivity contribution < 1.29 is 42.0 Å². The standard InChI is InChI=1S/C15H16F3NO6/c1-22-7-8-24-10-6-4-3-5-9(10)15(23-2)19-12(14(16,17)18)11(25-15)13(20)21/h3-6,19H,7-8H2,1-2H3,(H,20,21). The normalized spacial score (nSPS) is 20.2. The summed E-state index contributed by atoms with van der Waals surface area (Å²) in [6, 6.07) is 6.01. The van der Waals surface area contributed by atoms with E-state index in [-0.39, 0.29) is 24.5 Å². The van der Waals surface area contributed by atoms with Gasteiger partial charge in [-0.2, -0.15) is 13.2 Å². The molecule has 1 aromatic carbocycles. The molecule has 1 heterocycles. The molecule has 1 atom stereocenters. The average Bonchev–Trinajstić information content (AvgIpc) is 2.97. The predicted octanol–water partition coefficient (Wildman–Crippen LogP) is 1.95.